The SMILES string of the molecule is CC1(C)CC2CC(C)(CN2S(=O)(=O)CCCCl)C1. The molecule has 2 aliphatic rings. The molecule has 0 aromatic rings. The smallest absolute Gasteiger partial charge is 0.212 e. The normalized spacial score (nSPS) is 35.9. The molecule has 2 fully saturated rings. The first-order valence-electron chi connectivity index (χ1n) is 6.73. The molecule has 18 heavy (non-hydrogen) atoms. The molecule has 1 heterocycles. The Morgan fingerprint density at radius 2 is 1.94 bits per heavy atom. The lowest BCUT2D eigenvalue weighted by atomic mass is 9.65. The Labute approximate surface area is 116 Å². The van der Waals surface area contributed by atoms with Crippen LogP contribution in [0.25, 0.3) is 0 Å². The van der Waals surface area contributed by atoms with Crippen molar-refractivity contribution in [3.8, 4) is 0 Å². The van der Waals surface area contributed by atoms with Crippen LogP contribution in [0.5, 0.6) is 0 Å². The number of rotatable bonds is 4. The third-order valence-corrected chi connectivity index (χ3v) is 6.47. The van der Waals surface area contributed by atoms with Crippen molar-refractivity contribution < 1.29 is 8.42 Å². The average Bonchev–Trinajstić information content (AvgIpc) is 2.45. The van der Waals surface area contributed by atoms with Gasteiger partial charge in [0.15, 0.2) is 0 Å². The fourth-order valence-electron chi connectivity index (χ4n) is 4.09. The molecule has 2 bridgehead atoms. The predicted molar refractivity (Wildman–Crippen MR) is 75.4 cm³/mol. The number of hydrogen-bond donors (Lipinski definition) is 0. The first-order chi connectivity index (χ1) is 8.18. The van der Waals surface area contributed by atoms with E-state index in [1.807, 2.05) is 0 Å². The summed E-state index contributed by atoms with van der Waals surface area (Å²) in [6, 6.07) is 0.207. The summed E-state index contributed by atoms with van der Waals surface area (Å²) >= 11 is 5.62. The molecule has 0 radical (unpaired) electrons. The second-order valence-corrected chi connectivity index (χ2v) is 9.54. The Morgan fingerprint density at radius 1 is 1.28 bits per heavy atom. The molecule has 3 nitrogen and oxygen atoms in total. The van der Waals surface area contributed by atoms with E-state index < -0.39 is 10.0 Å². The Hall–Kier alpha value is 0.200. The van der Waals surface area contributed by atoms with Gasteiger partial charge in [-0.25, -0.2) is 8.42 Å². The summed E-state index contributed by atoms with van der Waals surface area (Å²) in [7, 11) is -3.12. The first kappa shape index (κ1) is 14.6. The monoisotopic (exact) mass is 293 g/mol. The molecule has 1 aliphatic carbocycles. The van der Waals surface area contributed by atoms with E-state index in [0.717, 1.165) is 19.3 Å². The fraction of sp³-hybridized carbons (Fsp3) is 1.00. The molecule has 2 atom stereocenters. The minimum Gasteiger partial charge on any atom is -0.212 e. The Morgan fingerprint density at radius 3 is 2.56 bits per heavy atom. The van der Waals surface area contributed by atoms with E-state index in [0.29, 0.717) is 18.8 Å². The van der Waals surface area contributed by atoms with Crippen molar-refractivity contribution in [2.24, 2.45) is 10.8 Å². The molecule has 0 N–H and O–H groups in total. The average molecular weight is 294 g/mol. The van der Waals surface area contributed by atoms with Crippen molar-refractivity contribution in [2.45, 2.75) is 52.5 Å². The van der Waals surface area contributed by atoms with Crippen molar-refractivity contribution >= 4 is 21.6 Å². The second-order valence-electron chi connectivity index (χ2n) is 7.12. The lowest BCUT2D eigenvalue weighted by molar-refractivity contribution is 0.133. The van der Waals surface area contributed by atoms with Gasteiger partial charge in [-0.2, -0.15) is 4.31 Å². The van der Waals surface area contributed by atoms with Crippen molar-refractivity contribution in [1.29, 1.82) is 0 Å². The molecule has 2 rings (SSSR count). The summed E-state index contributed by atoms with van der Waals surface area (Å²) in [5.41, 5.74) is 0.425. The van der Waals surface area contributed by atoms with Crippen LogP contribution in [-0.4, -0.2) is 36.9 Å². The van der Waals surface area contributed by atoms with Gasteiger partial charge in [0.2, 0.25) is 10.0 Å². The Kier molecular flexibility index (Phi) is 3.76. The topological polar surface area (TPSA) is 37.4 Å². The summed E-state index contributed by atoms with van der Waals surface area (Å²) in [4.78, 5) is 0. The lowest BCUT2D eigenvalue weighted by Gasteiger charge is -2.39. The third kappa shape index (κ3) is 2.86. The van der Waals surface area contributed by atoms with Crippen LogP contribution in [0.4, 0.5) is 0 Å². The van der Waals surface area contributed by atoms with Gasteiger partial charge in [0.1, 0.15) is 0 Å². The molecular formula is C13H24ClNO2S. The molecule has 0 aromatic heterocycles. The third-order valence-electron chi connectivity index (χ3n) is 4.26. The van der Waals surface area contributed by atoms with Crippen LogP contribution in [0.3, 0.4) is 0 Å². The zero-order valence-electron chi connectivity index (χ0n) is 11.6. The van der Waals surface area contributed by atoms with Crippen molar-refractivity contribution in [2.75, 3.05) is 18.2 Å². The van der Waals surface area contributed by atoms with E-state index >= 15 is 0 Å². The molecule has 5 heteroatoms. The highest BCUT2D eigenvalue weighted by atomic mass is 35.5. The van der Waals surface area contributed by atoms with E-state index in [-0.39, 0.29) is 22.6 Å². The first-order valence-corrected chi connectivity index (χ1v) is 8.87. The van der Waals surface area contributed by atoms with Gasteiger partial charge in [-0.15, -0.1) is 11.6 Å². The molecule has 0 amide bonds. The molecular weight excluding hydrogens is 270 g/mol. The van der Waals surface area contributed by atoms with Crippen molar-refractivity contribution in [1.82, 2.24) is 4.31 Å². The van der Waals surface area contributed by atoms with Crippen LogP contribution in [0.15, 0.2) is 0 Å². The number of alkyl halides is 1. The fourth-order valence-corrected chi connectivity index (χ4v) is 6.24. The molecule has 1 saturated carbocycles. The summed E-state index contributed by atoms with van der Waals surface area (Å²) in [5.74, 6) is 0.615. The molecule has 1 aliphatic heterocycles. The van der Waals surface area contributed by atoms with E-state index in [1.54, 1.807) is 4.31 Å². The van der Waals surface area contributed by atoms with Crippen LogP contribution in [0, 0.1) is 10.8 Å². The second kappa shape index (κ2) is 4.64. The Bertz CT molecular complexity index is 421. The minimum atomic E-state index is -3.12. The summed E-state index contributed by atoms with van der Waals surface area (Å²) < 4.78 is 26.5. The number of sulfonamides is 1. The standard InChI is InChI=1S/C13H24ClNO2S/c1-12(2)7-11-8-13(3,9-12)10-15(11)18(16,17)6-4-5-14/h11H,4-10H2,1-3H3. The van der Waals surface area contributed by atoms with Crippen LogP contribution < -0.4 is 0 Å². The summed E-state index contributed by atoms with van der Waals surface area (Å²) in [6.07, 6.45) is 3.68. The quantitative estimate of drug-likeness (QED) is 0.748. The number of hydrogen-bond acceptors (Lipinski definition) is 2. The maximum absolute atomic E-state index is 12.4. The summed E-state index contributed by atoms with van der Waals surface area (Å²) in [5, 5.41) is 0. The highest BCUT2D eigenvalue weighted by Crippen LogP contribution is 2.53. The van der Waals surface area contributed by atoms with Gasteiger partial charge in [-0.05, 0) is 36.5 Å². The van der Waals surface area contributed by atoms with Gasteiger partial charge in [0.25, 0.3) is 0 Å². The van der Waals surface area contributed by atoms with Gasteiger partial charge < -0.3 is 0 Å². The van der Waals surface area contributed by atoms with Crippen molar-refractivity contribution in [3.63, 3.8) is 0 Å². The van der Waals surface area contributed by atoms with E-state index in [1.165, 1.54) is 0 Å². The van der Waals surface area contributed by atoms with Gasteiger partial charge in [0.05, 0.1) is 5.75 Å². The molecule has 2 unspecified atom stereocenters. The largest absolute Gasteiger partial charge is 0.214 e. The zero-order chi connectivity index (χ0) is 13.6. The highest BCUT2D eigenvalue weighted by molar-refractivity contribution is 7.89. The van der Waals surface area contributed by atoms with Gasteiger partial charge in [-0.1, -0.05) is 20.8 Å². The van der Waals surface area contributed by atoms with Crippen molar-refractivity contribution in [3.05, 3.63) is 0 Å². The van der Waals surface area contributed by atoms with Crippen LogP contribution in [0.1, 0.15) is 46.5 Å². The Balaban J connectivity index is 2.18. The van der Waals surface area contributed by atoms with E-state index in [2.05, 4.69) is 20.8 Å². The minimum absolute atomic E-state index is 0.167. The van der Waals surface area contributed by atoms with Crippen LogP contribution >= 0.6 is 11.6 Å². The van der Waals surface area contributed by atoms with E-state index in [4.69, 9.17) is 11.6 Å². The predicted octanol–water partition coefficient (Wildman–Crippen LogP) is 2.85. The van der Waals surface area contributed by atoms with E-state index in [9.17, 15) is 8.42 Å². The maximum atomic E-state index is 12.4. The number of fused-ring (bicyclic) bond motifs is 2. The number of nitrogens with zero attached hydrogens (tertiary/aromatic N) is 1. The van der Waals surface area contributed by atoms with Crippen LogP contribution in [-0.2, 0) is 10.0 Å². The van der Waals surface area contributed by atoms with Crippen LogP contribution in [0.2, 0.25) is 0 Å². The summed E-state index contributed by atoms with van der Waals surface area (Å²) in [6.45, 7) is 7.45. The lowest BCUT2D eigenvalue weighted by Crippen LogP contribution is -2.38. The van der Waals surface area contributed by atoms with Gasteiger partial charge in [0, 0.05) is 18.5 Å². The number of halogens is 1. The molecule has 1 saturated heterocycles. The molecule has 106 valence electrons. The van der Waals surface area contributed by atoms with Gasteiger partial charge >= 0.3 is 0 Å². The molecule has 0 aromatic carbocycles. The molecule has 0 spiro atoms. The zero-order valence-corrected chi connectivity index (χ0v) is 13.1. The van der Waals surface area contributed by atoms with Gasteiger partial charge in [-0.3, -0.25) is 0 Å². The maximum Gasteiger partial charge on any atom is 0.214 e. The highest BCUT2D eigenvalue weighted by Gasteiger charge is 2.52.